The molecule has 0 N–H and O–H groups in total. The number of allylic oxidation sites excluding steroid dienone is 1. The molecule has 0 spiro atoms. The first-order chi connectivity index (χ1) is 8.86. The Morgan fingerprint density at radius 2 is 2.16 bits per heavy atom. The van der Waals surface area contributed by atoms with E-state index in [-0.39, 0.29) is 5.78 Å². The molecule has 0 atom stereocenters. The first-order valence-corrected chi connectivity index (χ1v) is 6.27. The Kier molecular flexibility index (Phi) is 3.33. The van der Waals surface area contributed by atoms with E-state index >= 15 is 0 Å². The number of carbonyl (C=O) groups excluding carboxylic acids is 1. The second-order valence-corrected chi connectivity index (χ2v) is 5.35. The summed E-state index contributed by atoms with van der Waals surface area (Å²) in [4.78, 5) is 11.9. The lowest BCUT2D eigenvalue weighted by atomic mass is 10.1. The van der Waals surface area contributed by atoms with Crippen molar-refractivity contribution in [2.24, 2.45) is 0 Å². The fourth-order valence-corrected chi connectivity index (χ4v) is 2.50. The van der Waals surface area contributed by atoms with Crippen LogP contribution < -0.4 is 0 Å². The summed E-state index contributed by atoms with van der Waals surface area (Å²) < 4.78 is 10.6. The van der Waals surface area contributed by atoms with Gasteiger partial charge in [-0.1, -0.05) is 0 Å². The van der Waals surface area contributed by atoms with Crippen LogP contribution in [0.1, 0.15) is 32.2 Å². The molecule has 98 valence electrons. The van der Waals surface area contributed by atoms with Crippen LogP contribution in [0.5, 0.6) is 0 Å². The average Bonchev–Trinajstić information content (AvgIpc) is 2.88. The van der Waals surface area contributed by atoms with E-state index in [1.807, 2.05) is 0 Å². The molecule has 0 saturated carbocycles. The summed E-state index contributed by atoms with van der Waals surface area (Å²) in [5.74, 6) is 2.73. The second-order valence-electron chi connectivity index (χ2n) is 4.55. The number of ether oxygens (including phenoxy) is 1. The summed E-state index contributed by atoms with van der Waals surface area (Å²) in [5.41, 5.74) is 0.562. The number of ketones is 1. The third-order valence-electron chi connectivity index (χ3n) is 2.66. The van der Waals surface area contributed by atoms with Crippen LogP contribution in [0.15, 0.2) is 20.4 Å². The van der Waals surface area contributed by atoms with Gasteiger partial charge in [0.25, 0.3) is 0 Å². The van der Waals surface area contributed by atoms with Gasteiger partial charge in [-0.3, -0.25) is 4.79 Å². The van der Waals surface area contributed by atoms with Gasteiger partial charge in [-0.05, 0) is 64.6 Å². The molecule has 0 fully saturated rings. The van der Waals surface area contributed by atoms with Crippen molar-refractivity contribution in [2.75, 3.05) is 0 Å². The summed E-state index contributed by atoms with van der Waals surface area (Å²) in [6.07, 6.45) is 6.93. The zero-order chi connectivity index (χ0) is 14.2. The number of Topliss-reactive ketones (excluding diaryl/α,β-unsaturated/α-hetero) is 1. The summed E-state index contributed by atoms with van der Waals surface area (Å²) in [6, 6.07) is 0. The van der Waals surface area contributed by atoms with E-state index in [0.717, 1.165) is 0 Å². The van der Waals surface area contributed by atoms with Crippen LogP contribution >= 0.6 is 15.9 Å². The molecule has 2 rings (SSSR count). The van der Waals surface area contributed by atoms with Gasteiger partial charge in [0.05, 0.1) is 0 Å². The van der Waals surface area contributed by atoms with Gasteiger partial charge in [0.2, 0.25) is 5.78 Å². The maximum absolute atomic E-state index is 11.9. The molecular formula is C13H11BrN2O3. The van der Waals surface area contributed by atoms with Gasteiger partial charge in [-0.15, -0.1) is 6.42 Å². The van der Waals surface area contributed by atoms with E-state index in [0.29, 0.717) is 27.2 Å². The third kappa shape index (κ3) is 2.34. The first kappa shape index (κ1) is 13.6. The van der Waals surface area contributed by atoms with Crippen molar-refractivity contribution >= 4 is 27.8 Å². The predicted octanol–water partition coefficient (Wildman–Crippen LogP) is 2.44. The molecule has 0 unspecified atom stereocenters. The highest BCUT2D eigenvalue weighted by Crippen LogP contribution is 2.37. The Labute approximate surface area is 118 Å². The summed E-state index contributed by atoms with van der Waals surface area (Å²) in [7, 11) is 0. The highest BCUT2D eigenvalue weighted by Gasteiger charge is 2.41. The lowest BCUT2D eigenvalue weighted by molar-refractivity contribution is -0.126. The quantitative estimate of drug-likeness (QED) is 0.782. The molecule has 0 saturated heterocycles. The van der Waals surface area contributed by atoms with E-state index in [9.17, 15) is 4.79 Å². The molecule has 1 aliphatic rings. The van der Waals surface area contributed by atoms with Crippen molar-refractivity contribution in [3.8, 4) is 12.3 Å². The molecule has 0 radical (unpaired) electrons. The zero-order valence-electron chi connectivity index (χ0n) is 10.7. The Balaban J connectivity index is 2.39. The number of halogens is 1. The standard InChI is InChI=1S/C13H11BrN2O3/c1-5-8-9(16-19-15-8)6-7(2)11-10(14)12(17)13(3,4)18-11/h1,6H,2-4H3/b7-6+. The Bertz CT molecular complexity index is 647. The maximum Gasteiger partial charge on any atom is 0.216 e. The molecule has 19 heavy (non-hydrogen) atoms. The number of hydrogen-bond acceptors (Lipinski definition) is 5. The largest absolute Gasteiger partial charge is 0.478 e. The highest BCUT2D eigenvalue weighted by atomic mass is 79.9. The van der Waals surface area contributed by atoms with E-state index < -0.39 is 5.60 Å². The first-order valence-electron chi connectivity index (χ1n) is 5.48. The molecule has 1 aromatic rings. The van der Waals surface area contributed by atoms with E-state index in [1.165, 1.54) is 0 Å². The maximum atomic E-state index is 11.9. The molecule has 0 aromatic carbocycles. The monoisotopic (exact) mass is 322 g/mol. The third-order valence-corrected chi connectivity index (χ3v) is 3.38. The highest BCUT2D eigenvalue weighted by molar-refractivity contribution is 9.12. The molecule has 0 aliphatic carbocycles. The van der Waals surface area contributed by atoms with Crippen LogP contribution in [0.25, 0.3) is 6.08 Å². The molecule has 5 nitrogen and oxygen atoms in total. The normalized spacial score (nSPS) is 18.5. The number of hydrogen-bond donors (Lipinski definition) is 0. The number of aromatic nitrogens is 2. The Morgan fingerprint density at radius 3 is 2.68 bits per heavy atom. The smallest absolute Gasteiger partial charge is 0.216 e. The number of carbonyl (C=O) groups is 1. The molecule has 0 bridgehead atoms. The zero-order valence-corrected chi connectivity index (χ0v) is 12.2. The number of nitrogens with zero attached hydrogens (tertiary/aromatic N) is 2. The molecule has 1 aliphatic heterocycles. The van der Waals surface area contributed by atoms with Crippen molar-refractivity contribution < 1.29 is 14.2 Å². The molecule has 2 heterocycles. The van der Waals surface area contributed by atoms with Gasteiger partial charge in [-0.25, -0.2) is 4.63 Å². The van der Waals surface area contributed by atoms with E-state index in [1.54, 1.807) is 26.8 Å². The van der Waals surface area contributed by atoms with Gasteiger partial charge in [-0.2, -0.15) is 0 Å². The van der Waals surface area contributed by atoms with Crippen molar-refractivity contribution in [3.63, 3.8) is 0 Å². The minimum Gasteiger partial charge on any atom is -0.478 e. The minimum absolute atomic E-state index is 0.106. The summed E-state index contributed by atoms with van der Waals surface area (Å²) in [5, 5.41) is 7.27. The van der Waals surface area contributed by atoms with E-state index in [4.69, 9.17) is 11.2 Å². The van der Waals surface area contributed by atoms with Gasteiger partial charge < -0.3 is 4.74 Å². The summed E-state index contributed by atoms with van der Waals surface area (Å²) in [6.45, 7) is 5.21. The van der Waals surface area contributed by atoms with Crippen molar-refractivity contribution in [2.45, 2.75) is 26.4 Å². The fourth-order valence-electron chi connectivity index (χ4n) is 1.63. The molecule has 6 heteroatoms. The van der Waals surface area contributed by atoms with Crippen LogP contribution in [-0.4, -0.2) is 21.7 Å². The summed E-state index contributed by atoms with van der Waals surface area (Å²) >= 11 is 3.25. The molecule has 1 aromatic heterocycles. The van der Waals surface area contributed by atoms with Gasteiger partial charge in [0.1, 0.15) is 15.9 Å². The second kappa shape index (κ2) is 4.67. The van der Waals surface area contributed by atoms with Crippen molar-refractivity contribution in [3.05, 3.63) is 27.2 Å². The fraction of sp³-hybridized carbons (Fsp3) is 0.308. The van der Waals surface area contributed by atoms with Crippen LogP contribution in [0.4, 0.5) is 0 Å². The molecular weight excluding hydrogens is 312 g/mol. The van der Waals surface area contributed by atoms with Crippen molar-refractivity contribution in [1.82, 2.24) is 10.3 Å². The topological polar surface area (TPSA) is 65.2 Å². The number of terminal acetylenes is 1. The van der Waals surface area contributed by atoms with Gasteiger partial charge in [0.15, 0.2) is 11.3 Å². The van der Waals surface area contributed by atoms with Gasteiger partial charge in [0, 0.05) is 0 Å². The lowest BCUT2D eigenvalue weighted by Crippen LogP contribution is -2.28. The Morgan fingerprint density at radius 1 is 1.47 bits per heavy atom. The SMILES string of the molecule is C#Cc1nonc1/C=C(\C)C1=C(Br)C(=O)C(C)(C)O1. The van der Waals surface area contributed by atoms with Crippen LogP contribution in [-0.2, 0) is 9.53 Å². The van der Waals surface area contributed by atoms with Gasteiger partial charge >= 0.3 is 0 Å². The number of rotatable bonds is 2. The predicted molar refractivity (Wildman–Crippen MR) is 72.0 cm³/mol. The van der Waals surface area contributed by atoms with E-state index in [2.05, 4.69) is 36.8 Å². The lowest BCUT2D eigenvalue weighted by Gasteiger charge is -2.17. The minimum atomic E-state index is -0.875. The van der Waals surface area contributed by atoms with Crippen LogP contribution in [0, 0.1) is 12.3 Å². The Hall–Kier alpha value is -1.87. The molecule has 0 amide bonds. The van der Waals surface area contributed by atoms with Crippen LogP contribution in [0.3, 0.4) is 0 Å². The average molecular weight is 323 g/mol. The van der Waals surface area contributed by atoms with Crippen LogP contribution in [0.2, 0.25) is 0 Å². The van der Waals surface area contributed by atoms with Crippen molar-refractivity contribution in [1.29, 1.82) is 0 Å².